The largest absolute Gasteiger partial charge is 0.464 e. The smallest absolute Gasteiger partial charge is 0.134 e. The summed E-state index contributed by atoms with van der Waals surface area (Å²) in [4.78, 5) is 2.25. The lowest BCUT2D eigenvalue weighted by molar-refractivity contribution is 0.190. The third-order valence-electron chi connectivity index (χ3n) is 2.91. The second kappa shape index (κ2) is 5.84. The highest BCUT2D eigenvalue weighted by molar-refractivity contribution is 5.80. The Bertz CT molecular complexity index is 458. The summed E-state index contributed by atoms with van der Waals surface area (Å²) in [5.41, 5.74) is 2.13. The van der Waals surface area contributed by atoms with Crippen LogP contribution < -0.4 is 0 Å². The minimum Gasteiger partial charge on any atom is -0.464 e. The summed E-state index contributed by atoms with van der Waals surface area (Å²) in [6.45, 7) is 4.91. The quantitative estimate of drug-likeness (QED) is 0.833. The first-order valence-corrected chi connectivity index (χ1v) is 6.13. The summed E-state index contributed by atoms with van der Waals surface area (Å²) in [5.74, 6) is 0. The molecule has 0 atom stereocenters. The minimum atomic E-state index is 0.204. The van der Waals surface area contributed by atoms with Crippen LogP contribution in [-0.2, 0) is 6.54 Å². The van der Waals surface area contributed by atoms with E-state index in [4.69, 9.17) is 9.52 Å². The van der Waals surface area contributed by atoms with Gasteiger partial charge in [-0.25, -0.2) is 0 Å². The van der Waals surface area contributed by atoms with E-state index in [1.165, 1.54) is 10.9 Å². The van der Waals surface area contributed by atoms with Crippen LogP contribution in [0, 0.1) is 0 Å². The molecular weight excluding hydrogens is 214 g/mol. The standard InChI is InChI=1S/C14H19NO2/c1-2-7-15(8-9-16)10-12-11-17-14-6-4-3-5-13(12)14/h3-6,11,16H,2,7-10H2,1H3. The molecule has 0 fully saturated rings. The van der Waals surface area contributed by atoms with Gasteiger partial charge in [-0.15, -0.1) is 0 Å². The van der Waals surface area contributed by atoms with Crippen LogP contribution >= 0.6 is 0 Å². The zero-order valence-electron chi connectivity index (χ0n) is 10.2. The van der Waals surface area contributed by atoms with Crippen molar-refractivity contribution in [3.05, 3.63) is 36.1 Å². The molecule has 92 valence electrons. The molecule has 3 nitrogen and oxygen atoms in total. The van der Waals surface area contributed by atoms with Crippen molar-refractivity contribution >= 4 is 11.0 Å². The fourth-order valence-corrected chi connectivity index (χ4v) is 2.12. The van der Waals surface area contributed by atoms with Crippen LogP contribution in [0.4, 0.5) is 0 Å². The number of aliphatic hydroxyl groups is 1. The summed E-state index contributed by atoms with van der Waals surface area (Å²) in [5, 5.41) is 10.2. The third-order valence-corrected chi connectivity index (χ3v) is 2.91. The monoisotopic (exact) mass is 233 g/mol. The molecule has 0 aliphatic rings. The summed E-state index contributed by atoms with van der Waals surface area (Å²) >= 11 is 0. The van der Waals surface area contributed by atoms with Crippen molar-refractivity contribution in [2.24, 2.45) is 0 Å². The number of rotatable bonds is 6. The van der Waals surface area contributed by atoms with Gasteiger partial charge in [0.25, 0.3) is 0 Å². The van der Waals surface area contributed by atoms with Crippen LogP contribution in [0.2, 0.25) is 0 Å². The van der Waals surface area contributed by atoms with Gasteiger partial charge in [-0.05, 0) is 19.0 Å². The zero-order chi connectivity index (χ0) is 12.1. The number of aliphatic hydroxyl groups excluding tert-OH is 1. The molecule has 0 aliphatic heterocycles. The maximum absolute atomic E-state index is 9.04. The van der Waals surface area contributed by atoms with E-state index >= 15 is 0 Å². The lowest BCUT2D eigenvalue weighted by atomic mass is 10.1. The van der Waals surface area contributed by atoms with Gasteiger partial charge < -0.3 is 9.52 Å². The number of benzene rings is 1. The van der Waals surface area contributed by atoms with Crippen molar-refractivity contribution in [1.82, 2.24) is 4.90 Å². The molecule has 1 N–H and O–H groups in total. The lowest BCUT2D eigenvalue weighted by Gasteiger charge is -2.19. The Morgan fingerprint density at radius 2 is 2.06 bits per heavy atom. The van der Waals surface area contributed by atoms with Gasteiger partial charge in [0.1, 0.15) is 5.58 Å². The van der Waals surface area contributed by atoms with E-state index < -0.39 is 0 Å². The Labute approximate surface area is 102 Å². The highest BCUT2D eigenvalue weighted by Crippen LogP contribution is 2.21. The van der Waals surface area contributed by atoms with Crippen LogP contribution in [0.1, 0.15) is 18.9 Å². The van der Waals surface area contributed by atoms with Gasteiger partial charge in [0.05, 0.1) is 12.9 Å². The summed E-state index contributed by atoms with van der Waals surface area (Å²) in [6.07, 6.45) is 2.92. The van der Waals surface area contributed by atoms with Gasteiger partial charge in [0, 0.05) is 24.0 Å². The fourth-order valence-electron chi connectivity index (χ4n) is 2.12. The Balaban J connectivity index is 2.15. The van der Waals surface area contributed by atoms with E-state index in [1.54, 1.807) is 0 Å². The first-order chi connectivity index (χ1) is 8.35. The molecular formula is C14H19NO2. The number of hydrogen-bond acceptors (Lipinski definition) is 3. The van der Waals surface area contributed by atoms with Gasteiger partial charge in [-0.2, -0.15) is 0 Å². The molecule has 0 saturated carbocycles. The van der Waals surface area contributed by atoms with Crippen LogP contribution in [-0.4, -0.2) is 29.7 Å². The zero-order valence-corrected chi connectivity index (χ0v) is 10.2. The van der Waals surface area contributed by atoms with Crippen LogP contribution in [0.15, 0.2) is 34.9 Å². The number of furan rings is 1. The molecule has 0 amide bonds. The van der Waals surface area contributed by atoms with Crippen molar-refractivity contribution in [3.8, 4) is 0 Å². The van der Waals surface area contributed by atoms with E-state index in [1.807, 2.05) is 24.5 Å². The summed E-state index contributed by atoms with van der Waals surface area (Å²) < 4.78 is 5.52. The average Bonchev–Trinajstić information content (AvgIpc) is 2.74. The van der Waals surface area contributed by atoms with E-state index in [0.717, 1.165) is 25.1 Å². The van der Waals surface area contributed by atoms with Gasteiger partial charge >= 0.3 is 0 Å². The molecule has 3 heteroatoms. The molecule has 2 aromatic rings. The van der Waals surface area contributed by atoms with E-state index in [9.17, 15) is 0 Å². The maximum Gasteiger partial charge on any atom is 0.134 e. The number of hydrogen-bond donors (Lipinski definition) is 1. The topological polar surface area (TPSA) is 36.6 Å². The van der Waals surface area contributed by atoms with Crippen molar-refractivity contribution in [2.75, 3.05) is 19.7 Å². The molecule has 17 heavy (non-hydrogen) atoms. The number of nitrogens with zero attached hydrogens (tertiary/aromatic N) is 1. The second-order valence-electron chi connectivity index (χ2n) is 4.26. The van der Waals surface area contributed by atoms with Gasteiger partial charge in [0.15, 0.2) is 0 Å². The SMILES string of the molecule is CCCN(CCO)Cc1coc2ccccc12. The number of para-hydroxylation sites is 1. The van der Waals surface area contributed by atoms with Crippen molar-refractivity contribution in [2.45, 2.75) is 19.9 Å². The molecule has 0 spiro atoms. The molecule has 0 radical (unpaired) electrons. The van der Waals surface area contributed by atoms with E-state index in [2.05, 4.69) is 17.9 Å². The lowest BCUT2D eigenvalue weighted by Crippen LogP contribution is -2.27. The van der Waals surface area contributed by atoms with Crippen LogP contribution in [0.5, 0.6) is 0 Å². The average molecular weight is 233 g/mol. The predicted molar refractivity (Wildman–Crippen MR) is 68.9 cm³/mol. The molecule has 1 aromatic heterocycles. The predicted octanol–water partition coefficient (Wildman–Crippen LogP) is 2.64. The highest BCUT2D eigenvalue weighted by Gasteiger charge is 2.09. The van der Waals surface area contributed by atoms with E-state index in [0.29, 0.717) is 6.54 Å². The minimum absolute atomic E-state index is 0.204. The summed E-state index contributed by atoms with van der Waals surface area (Å²) in [6, 6.07) is 8.07. The molecule has 0 bridgehead atoms. The first kappa shape index (κ1) is 12.1. The molecule has 0 unspecified atom stereocenters. The Morgan fingerprint density at radius 1 is 1.24 bits per heavy atom. The fraction of sp³-hybridized carbons (Fsp3) is 0.429. The molecule has 1 aromatic carbocycles. The highest BCUT2D eigenvalue weighted by atomic mass is 16.3. The van der Waals surface area contributed by atoms with Gasteiger partial charge in [-0.1, -0.05) is 25.1 Å². The van der Waals surface area contributed by atoms with Gasteiger partial charge in [0.2, 0.25) is 0 Å². The molecule has 0 aliphatic carbocycles. The summed E-state index contributed by atoms with van der Waals surface area (Å²) in [7, 11) is 0. The van der Waals surface area contributed by atoms with Crippen molar-refractivity contribution in [3.63, 3.8) is 0 Å². The van der Waals surface area contributed by atoms with Gasteiger partial charge in [-0.3, -0.25) is 4.90 Å². The molecule has 2 rings (SSSR count). The van der Waals surface area contributed by atoms with Crippen molar-refractivity contribution < 1.29 is 9.52 Å². The number of fused-ring (bicyclic) bond motifs is 1. The van der Waals surface area contributed by atoms with Crippen LogP contribution in [0.25, 0.3) is 11.0 Å². The third kappa shape index (κ3) is 2.87. The first-order valence-electron chi connectivity index (χ1n) is 6.13. The van der Waals surface area contributed by atoms with Crippen LogP contribution in [0.3, 0.4) is 0 Å². The molecule has 1 heterocycles. The van der Waals surface area contributed by atoms with Crippen molar-refractivity contribution in [1.29, 1.82) is 0 Å². The molecule has 0 saturated heterocycles. The second-order valence-corrected chi connectivity index (χ2v) is 4.26. The maximum atomic E-state index is 9.04. The normalized spacial score (nSPS) is 11.5. The van der Waals surface area contributed by atoms with E-state index in [-0.39, 0.29) is 6.61 Å². The Kier molecular flexibility index (Phi) is 4.18. The Morgan fingerprint density at radius 3 is 2.82 bits per heavy atom. The Hall–Kier alpha value is -1.32.